The normalized spacial score (nSPS) is 19.4. The van der Waals surface area contributed by atoms with E-state index in [1.165, 1.54) is 51.1 Å². The number of nitrogens with zero attached hydrogens (tertiary/aromatic N) is 9. The summed E-state index contributed by atoms with van der Waals surface area (Å²) in [6.45, 7) is 12.6. The van der Waals surface area contributed by atoms with Gasteiger partial charge in [0.05, 0.1) is 11.4 Å². The Morgan fingerprint density at radius 1 is 0.695 bits per heavy atom. The minimum Gasteiger partial charge on any atom is -0.457 e. The molecule has 0 bridgehead atoms. The van der Waals surface area contributed by atoms with Gasteiger partial charge in [0.15, 0.2) is 5.65 Å². The van der Waals surface area contributed by atoms with Crippen LogP contribution in [0.1, 0.15) is 44.6 Å². The highest BCUT2D eigenvalue weighted by atomic mass is 16.5. The summed E-state index contributed by atoms with van der Waals surface area (Å²) in [6, 6.07) is 25.9. The number of imide groups is 1. The zero-order chi connectivity index (χ0) is 40.1. The van der Waals surface area contributed by atoms with Gasteiger partial charge in [-0.05, 0) is 125 Å². The molecule has 4 aliphatic heterocycles. The SMILES string of the molecule is Nc1ncnc2c1c(-c1ccc(Oc3ccccc3)cc1)nn2C1CCN(CC2CCN(CCCN3CCN(c4ccc(N5CCC(=O)NC5=O)cc4)CC3)CC2)CC1. The zero-order valence-electron chi connectivity index (χ0n) is 33.8. The van der Waals surface area contributed by atoms with E-state index in [9.17, 15) is 9.59 Å². The fourth-order valence-electron chi connectivity index (χ4n) is 9.26. The van der Waals surface area contributed by atoms with E-state index in [1.807, 2.05) is 66.7 Å². The molecule has 0 aliphatic carbocycles. The van der Waals surface area contributed by atoms with E-state index in [0.29, 0.717) is 18.8 Å². The molecule has 5 aromatic rings. The first-order valence-electron chi connectivity index (χ1n) is 21.4. The molecule has 6 heterocycles. The summed E-state index contributed by atoms with van der Waals surface area (Å²) in [5, 5.41) is 8.36. The van der Waals surface area contributed by atoms with Crippen molar-refractivity contribution < 1.29 is 14.3 Å². The van der Waals surface area contributed by atoms with Crippen LogP contribution in [0, 0.1) is 5.92 Å². The van der Waals surface area contributed by atoms with Crippen LogP contribution in [-0.4, -0.2) is 125 Å². The van der Waals surface area contributed by atoms with Crippen LogP contribution in [-0.2, 0) is 4.79 Å². The van der Waals surface area contributed by atoms with Crippen molar-refractivity contribution in [2.75, 3.05) is 94.1 Å². The fraction of sp³-hybridized carbons (Fsp3) is 0.444. The molecule has 4 saturated heterocycles. The van der Waals surface area contributed by atoms with Gasteiger partial charge in [-0.2, -0.15) is 5.10 Å². The second-order valence-electron chi connectivity index (χ2n) is 16.5. The zero-order valence-corrected chi connectivity index (χ0v) is 33.8. The molecule has 0 radical (unpaired) electrons. The van der Waals surface area contributed by atoms with E-state index in [1.54, 1.807) is 11.2 Å². The number of likely N-dealkylation sites (tertiary alicyclic amines) is 2. The van der Waals surface area contributed by atoms with E-state index in [2.05, 4.69) is 51.7 Å². The number of hydrogen-bond donors (Lipinski definition) is 2. The van der Waals surface area contributed by atoms with Crippen molar-refractivity contribution in [2.24, 2.45) is 5.92 Å². The van der Waals surface area contributed by atoms with Gasteiger partial charge >= 0.3 is 6.03 Å². The lowest BCUT2D eigenvalue weighted by atomic mass is 9.94. The average Bonchev–Trinajstić information content (AvgIpc) is 3.67. The number of fused-ring (bicyclic) bond motifs is 1. The smallest absolute Gasteiger partial charge is 0.328 e. The number of benzene rings is 3. The molecule has 0 spiro atoms. The Bertz CT molecular complexity index is 2190. The number of anilines is 3. The molecule has 3 aromatic carbocycles. The number of nitrogens with two attached hydrogens (primary N) is 1. The number of ether oxygens (including phenoxy) is 1. The van der Waals surface area contributed by atoms with Crippen LogP contribution in [0.25, 0.3) is 22.3 Å². The number of nitrogen functional groups attached to an aromatic ring is 1. The molecule has 14 heteroatoms. The molecule has 4 fully saturated rings. The third-order valence-electron chi connectivity index (χ3n) is 12.7. The summed E-state index contributed by atoms with van der Waals surface area (Å²) >= 11 is 0. The number of carbonyl (C=O) groups excluding carboxylic acids is 2. The number of nitrogens with one attached hydrogen (secondary N) is 1. The molecule has 2 aromatic heterocycles. The first kappa shape index (κ1) is 38.9. The predicted molar refractivity (Wildman–Crippen MR) is 231 cm³/mol. The van der Waals surface area contributed by atoms with Crippen molar-refractivity contribution in [1.82, 2.24) is 39.8 Å². The maximum atomic E-state index is 12.2. The summed E-state index contributed by atoms with van der Waals surface area (Å²) in [6.07, 6.45) is 7.71. The lowest BCUT2D eigenvalue weighted by molar-refractivity contribution is -0.120. The van der Waals surface area contributed by atoms with Gasteiger partial charge in [0.1, 0.15) is 29.3 Å². The van der Waals surface area contributed by atoms with Crippen molar-refractivity contribution in [1.29, 1.82) is 0 Å². The number of rotatable bonds is 12. The third-order valence-corrected chi connectivity index (χ3v) is 12.7. The van der Waals surface area contributed by atoms with Crippen molar-refractivity contribution in [3.8, 4) is 22.8 Å². The second-order valence-corrected chi connectivity index (χ2v) is 16.5. The second kappa shape index (κ2) is 17.7. The van der Waals surface area contributed by atoms with Crippen molar-refractivity contribution >= 4 is 40.2 Å². The molecule has 59 heavy (non-hydrogen) atoms. The highest BCUT2D eigenvalue weighted by Gasteiger charge is 2.29. The van der Waals surface area contributed by atoms with Crippen molar-refractivity contribution in [3.63, 3.8) is 0 Å². The van der Waals surface area contributed by atoms with Crippen LogP contribution in [0.3, 0.4) is 0 Å². The number of para-hydroxylation sites is 1. The monoisotopic (exact) mass is 797 g/mol. The van der Waals surface area contributed by atoms with Crippen LogP contribution in [0.5, 0.6) is 11.5 Å². The molecule has 4 aliphatic rings. The largest absolute Gasteiger partial charge is 0.457 e. The Morgan fingerprint density at radius 3 is 2.07 bits per heavy atom. The Balaban J connectivity index is 0.694. The molecule has 3 amide bonds. The summed E-state index contributed by atoms with van der Waals surface area (Å²) < 4.78 is 8.13. The minimum atomic E-state index is -0.340. The van der Waals surface area contributed by atoms with Gasteiger partial charge in [-0.25, -0.2) is 19.4 Å². The quantitative estimate of drug-likeness (QED) is 0.157. The van der Waals surface area contributed by atoms with Crippen LogP contribution in [0.15, 0.2) is 85.2 Å². The highest BCUT2D eigenvalue weighted by molar-refractivity contribution is 6.05. The lowest BCUT2D eigenvalue weighted by Gasteiger charge is -2.38. The van der Waals surface area contributed by atoms with Crippen molar-refractivity contribution in [3.05, 3.63) is 85.2 Å². The van der Waals surface area contributed by atoms with E-state index in [0.717, 1.165) is 104 Å². The standard InChI is InChI=1S/C45H55N11O3/c46-43-41-42(34-7-13-39(14-8-34)59-38-5-2-1-3-6-38)50-56(44(41)48-32-47-43)37-17-24-53(25-18-37)31-33-15-22-51(23-16-33)20-4-21-52-27-29-54(30-28-52)35-9-11-36(12-10-35)55-26-19-40(57)49-45(55)58/h1-3,5-14,32-33,37H,4,15-31H2,(H2,46,47,48)(H,49,57,58). The highest BCUT2D eigenvalue weighted by Crippen LogP contribution is 2.36. The lowest BCUT2D eigenvalue weighted by Crippen LogP contribution is -2.49. The number of piperidine rings is 2. The van der Waals surface area contributed by atoms with Gasteiger partial charge in [0.2, 0.25) is 5.91 Å². The van der Waals surface area contributed by atoms with E-state index in [-0.39, 0.29) is 18.0 Å². The first-order chi connectivity index (χ1) is 28.9. The molecule has 0 unspecified atom stereocenters. The van der Waals surface area contributed by atoms with Gasteiger partial charge in [-0.1, -0.05) is 18.2 Å². The Kier molecular flexibility index (Phi) is 11.7. The van der Waals surface area contributed by atoms with E-state index in [4.69, 9.17) is 15.6 Å². The Labute approximate surface area is 345 Å². The van der Waals surface area contributed by atoms with Crippen LogP contribution in [0.2, 0.25) is 0 Å². The summed E-state index contributed by atoms with van der Waals surface area (Å²) in [5.74, 6) is 2.57. The van der Waals surface area contributed by atoms with Gasteiger partial charge in [0, 0.05) is 75.7 Å². The maximum Gasteiger partial charge on any atom is 0.328 e. The Morgan fingerprint density at radius 2 is 1.36 bits per heavy atom. The number of piperazine rings is 1. The summed E-state index contributed by atoms with van der Waals surface area (Å²) in [5.41, 5.74) is 11.0. The van der Waals surface area contributed by atoms with Gasteiger partial charge in [0.25, 0.3) is 0 Å². The average molecular weight is 798 g/mol. The number of amides is 3. The van der Waals surface area contributed by atoms with Crippen LogP contribution in [0.4, 0.5) is 22.0 Å². The van der Waals surface area contributed by atoms with E-state index < -0.39 is 0 Å². The van der Waals surface area contributed by atoms with Crippen LogP contribution < -0.4 is 25.6 Å². The van der Waals surface area contributed by atoms with E-state index >= 15 is 0 Å². The van der Waals surface area contributed by atoms with Crippen molar-refractivity contribution in [2.45, 2.75) is 44.6 Å². The minimum absolute atomic E-state index is 0.209. The molecule has 0 saturated carbocycles. The molecular formula is C45H55N11O3. The van der Waals surface area contributed by atoms with Gasteiger partial charge in [-0.15, -0.1) is 0 Å². The third kappa shape index (κ3) is 9.04. The number of aromatic nitrogens is 4. The summed E-state index contributed by atoms with van der Waals surface area (Å²) in [4.78, 5) is 44.7. The molecular weight excluding hydrogens is 743 g/mol. The van der Waals surface area contributed by atoms with Gasteiger partial charge in [-0.3, -0.25) is 19.9 Å². The number of urea groups is 1. The Hall–Kier alpha value is -5.57. The summed E-state index contributed by atoms with van der Waals surface area (Å²) in [7, 11) is 0. The molecule has 14 nitrogen and oxygen atoms in total. The van der Waals surface area contributed by atoms with Gasteiger partial charge < -0.3 is 25.2 Å². The number of carbonyl (C=O) groups is 2. The predicted octanol–water partition coefficient (Wildman–Crippen LogP) is 5.88. The maximum absolute atomic E-state index is 12.2. The fourth-order valence-corrected chi connectivity index (χ4v) is 9.26. The topological polar surface area (TPSA) is 141 Å². The van der Waals surface area contributed by atoms with Crippen LogP contribution >= 0.6 is 0 Å². The first-order valence-corrected chi connectivity index (χ1v) is 21.4. The molecule has 308 valence electrons. The molecule has 9 rings (SSSR count). The number of hydrogen-bond acceptors (Lipinski definition) is 11. The molecule has 0 atom stereocenters. The molecule has 3 N–H and O–H groups in total.